The minimum atomic E-state index is -2.96. The Hall–Kier alpha value is -1.83. The Morgan fingerprint density at radius 2 is 1.88 bits per heavy atom. The van der Waals surface area contributed by atoms with E-state index in [1.54, 1.807) is 17.0 Å². The zero-order valence-corrected chi connectivity index (χ0v) is 13.6. The van der Waals surface area contributed by atoms with E-state index in [1.807, 2.05) is 0 Å². The molecule has 1 heterocycles. The maximum absolute atomic E-state index is 13.3. The van der Waals surface area contributed by atoms with Gasteiger partial charge < -0.3 is 15.4 Å². The van der Waals surface area contributed by atoms with Crippen LogP contribution in [0.3, 0.4) is 0 Å². The molecule has 134 valence electrons. The SMILES string of the molecule is CC(F)(F)c1ccc(CN=C(N)N2CCOC(C(C)(F)F)C2)cc1. The van der Waals surface area contributed by atoms with Crippen molar-refractivity contribution in [2.24, 2.45) is 10.7 Å². The van der Waals surface area contributed by atoms with E-state index < -0.39 is 17.9 Å². The second-order valence-corrected chi connectivity index (χ2v) is 6.02. The molecule has 0 spiro atoms. The Morgan fingerprint density at radius 1 is 1.25 bits per heavy atom. The van der Waals surface area contributed by atoms with Crippen LogP contribution in [0.4, 0.5) is 17.6 Å². The van der Waals surface area contributed by atoms with Gasteiger partial charge in [0.2, 0.25) is 0 Å². The van der Waals surface area contributed by atoms with Gasteiger partial charge in [-0.3, -0.25) is 0 Å². The van der Waals surface area contributed by atoms with E-state index in [4.69, 9.17) is 10.5 Å². The first-order valence-corrected chi connectivity index (χ1v) is 7.59. The summed E-state index contributed by atoms with van der Waals surface area (Å²) >= 11 is 0. The van der Waals surface area contributed by atoms with Crippen LogP contribution in [0.5, 0.6) is 0 Å². The fraction of sp³-hybridized carbons (Fsp3) is 0.562. The van der Waals surface area contributed by atoms with Crippen LogP contribution >= 0.6 is 0 Å². The molecule has 0 aromatic heterocycles. The molecule has 1 unspecified atom stereocenters. The standard InChI is InChI=1S/C16H21F4N3O/c1-15(17,18)12-5-3-11(4-6-12)9-22-14(21)23-7-8-24-13(10-23)16(2,19)20/h3-6,13H,7-10H2,1-2H3,(H2,21,22). The Bertz CT molecular complexity index is 578. The van der Waals surface area contributed by atoms with Crippen LogP contribution in [0.1, 0.15) is 25.0 Å². The van der Waals surface area contributed by atoms with Crippen molar-refractivity contribution in [3.8, 4) is 0 Å². The summed E-state index contributed by atoms with van der Waals surface area (Å²) in [5.41, 5.74) is 6.48. The number of hydrogen-bond donors (Lipinski definition) is 1. The molecular formula is C16H21F4N3O. The molecular weight excluding hydrogens is 326 g/mol. The number of aliphatic imine (C=N–C) groups is 1. The van der Waals surface area contributed by atoms with Gasteiger partial charge in [-0.05, 0) is 5.56 Å². The smallest absolute Gasteiger partial charge is 0.272 e. The van der Waals surface area contributed by atoms with E-state index >= 15 is 0 Å². The summed E-state index contributed by atoms with van der Waals surface area (Å²) in [5, 5.41) is 0. The number of benzene rings is 1. The van der Waals surface area contributed by atoms with Crippen LogP contribution in [0.25, 0.3) is 0 Å². The normalized spacial score (nSPS) is 20.3. The third-order valence-electron chi connectivity index (χ3n) is 3.84. The molecule has 1 atom stereocenters. The Labute approximate surface area is 138 Å². The Kier molecular flexibility index (Phi) is 5.37. The van der Waals surface area contributed by atoms with Gasteiger partial charge in [0, 0.05) is 26.0 Å². The lowest BCUT2D eigenvalue weighted by molar-refractivity contribution is -0.148. The predicted molar refractivity (Wildman–Crippen MR) is 83.3 cm³/mol. The molecule has 2 N–H and O–H groups in total. The van der Waals surface area contributed by atoms with Crippen molar-refractivity contribution in [1.29, 1.82) is 0 Å². The molecule has 4 nitrogen and oxygen atoms in total. The minimum absolute atomic E-state index is 0.0418. The fourth-order valence-corrected chi connectivity index (χ4v) is 2.34. The first-order chi connectivity index (χ1) is 11.1. The number of rotatable bonds is 4. The largest absolute Gasteiger partial charge is 0.370 e. The van der Waals surface area contributed by atoms with E-state index in [0.717, 1.165) is 13.8 Å². The lowest BCUT2D eigenvalue weighted by atomic mass is 10.1. The van der Waals surface area contributed by atoms with Gasteiger partial charge in [0.05, 0.1) is 19.7 Å². The molecule has 1 aromatic carbocycles. The highest BCUT2D eigenvalue weighted by atomic mass is 19.3. The monoisotopic (exact) mass is 347 g/mol. The summed E-state index contributed by atoms with van der Waals surface area (Å²) < 4.78 is 58.0. The number of ether oxygens (including phenoxy) is 1. The van der Waals surface area contributed by atoms with Crippen LogP contribution in [0.15, 0.2) is 29.3 Å². The molecule has 0 aliphatic carbocycles. The first-order valence-electron chi connectivity index (χ1n) is 7.59. The van der Waals surface area contributed by atoms with E-state index in [1.165, 1.54) is 12.1 Å². The van der Waals surface area contributed by atoms with Crippen molar-refractivity contribution < 1.29 is 22.3 Å². The molecule has 1 aliphatic heterocycles. The average Bonchev–Trinajstić information content (AvgIpc) is 2.51. The molecule has 2 rings (SSSR count). The molecule has 1 aliphatic rings. The van der Waals surface area contributed by atoms with Gasteiger partial charge in [0.15, 0.2) is 5.96 Å². The van der Waals surface area contributed by atoms with Crippen molar-refractivity contribution in [3.05, 3.63) is 35.4 Å². The van der Waals surface area contributed by atoms with Gasteiger partial charge in [0.1, 0.15) is 6.10 Å². The zero-order valence-electron chi connectivity index (χ0n) is 13.6. The number of alkyl halides is 4. The van der Waals surface area contributed by atoms with E-state index in [0.29, 0.717) is 12.1 Å². The maximum Gasteiger partial charge on any atom is 0.272 e. The van der Waals surface area contributed by atoms with Crippen molar-refractivity contribution in [2.45, 2.75) is 38.3 Å². The third-order valence-corrected chi connectivity index (χ3v) is 3.84. The number of morpholine rings is 1. The number of hydrogen-bond acceptors (Lipinski definition) is 2. The summed E-state index contributed by atoms with van der Waals surface area (Å²) in [6.07, 6.45) is -1.23. The second-order valence-electron chi connectivity index (χ2n) is 6.02. The molecule has 0 radical (unpaired) electrons. The van der Waals surface area contributed by atoms with E-state index in [-0.39, 0.29) is 31.2 Å². The lowest BCUT2D eigenvalue weighted by Gasteiger charge is -2.36. The second kappa shape index (κ2) is 6.96. The van der Waals surface area contributed by atoms with Crippen molar-refractivity contribution in [2.75, 3.05) is 19.7 Å². The van der Waals surface area contributed by atoms with Crippen molar-refractivity contribution in [1.82, 2.24) is 4.90 Å². The van der Waals surface area contributed by atoms with Gasteiger partial charge in [0.25, 0.3) is 11.8 Å². The zero-order chi connectivity index (χ0) is 18.0. The number of guanidine groups is 1. The molecule has 0 saturated carbocycles. The Balaban J connectivity index is 1.98. The molecule has 1 saturated heterocycles. The van der Waals surface area contributed by atoms with Crippen LogP contribution in [-0.2, 0) is 17.2 Å². The average molecular weight is 347 g/mol. The molecule has 0 amide bonds. The predicted octanol–water partition coefficient (Wildman–Crippen LogP) is 2.97. The van der Waals surface area contributed by atoms with Gasteiger partial charge in [-0.2, -0.15) is 0 Å². The van der Waals surface area contributed by atoms with Gasteiger partial charge in [-0.15, -0.1) is 0 Å². The molecule has 1 aromatic rings. The highest BCUT2D eigenvalue weighted by Gasteiger charge is 2.38. The maximum atomic E-state index is 13.3. The molecule has 0 bridgehead atoms. The lowest BCUT2D eigenvalue weighted by Crippen LogP contribution is -2.53. The molecule has 24 heavy (non-hydrogen) atoms. The van der Waals surface area contributed by atoms with Crippen molar-refractivity contribution >= 4 is 5.96 Å². The third kappa shape index (κ3) is 4.83. The van der Waals surface area contributed by atoms with Crippen LogP contribution in [0.2, 0.25) is 0 Å². The number of halogens is 4. The fourth-order valence-electron chi connectivity index (χ4n) is 2.34. The summed E-state index contributed by atoms with van der Waals surface area (Å²) in [6, 6.07) is 5.77. The highest BCUT2D eigenvalue weighted by molar-refractivity contribution is 5.78. The molecule has 8 heteroatoms. The van der Waals surface area contributed by atoms with Crippen LogP contribution in [-0.4, -0.2) is 42.6 Å². The highest BCUT2D eigenvalue weighted by Crippen LogP contribution is 2.27. The van der Waals surface area contributed by atoms with Crippen molar-refractivity contribution in [3.63, 3.8) is 0 Å². The van der Waals surface area contributed by atoms with Crippen LogP contribution in [0, 0.1) is 0 Å². The quantitative estimate of drug-likeness (QED) is 0.518. The van der Waals surface area contributed by atoms with E-state index in [2.05, 4.69) is 4.99 Å². The summed E-state index contributed by atoms with van der Waals surface area (Å²) in [4.78, 5) is 5.70. The summed E-state index contributed by atoms with van der Waals surface area (Å²) in [7, 11) is 0. The van der Waals surface area contributed by atoms with Gasteiger partial charge >= 0.3 is 0 Å². The van der Waals surface area contributed by atoms with Crippen LogP contribution < -0.4 is 5.73 Å². The minimum Gasteiger partial charge on any atom is -0.370 e. The van der Waals surface area contributed by atoms with Gasteiger partial charge in [-0.25, -0.2) is 22.6 Å². The summed E-state index contributed by atoms with van der Waals surface area (Å²) in [6.45, 7) is 2.30. The summed E-state index contributed by atoms with van der Waals surface area (Å²) in [5.74, 6) is -5.72. The van der Waals surface area contributed by atoms with E-state index in [9.17, 15) is 17.6 Å². The number of nitrogens with two attached hydrogens (primary N) is 1. The molecule has 1 fully saturated rings. The van der Waals surface area contributed by atoms with Gasteiger partial charge in [-0.1, -0.05) is 24.3 Å². The Morgan fingerprint density at radius 3 is 2.42 bits per heavy atom. The first kappa shape index (κ1) is 18.5. The topological polar surface area (TPSA) is 50.8 Å². The number of nitrogens with zero attached hydrogens (tertiary/aromatic N) is 2.